The van der Waals surface area contributed by atoms with Gasteiger partial charge in [-0.2, -0.15) is 15.3 Å². The Morgan fingerprint density at radius 2 is 2.31 bits per heavy atom. The fourth-order valence-corrected chi connectivity index (χ4v) is 0.972. The van der Waals surface area contributed by atoms with Crippen LogP contribution >= 0.6 is 0 Å². The van der Waals surface area contributed by atoms with E-state index in [0.29, 0.717) is 11.3 Å². The molecule has 0 saturated heterocycles. The minimum atomic E-state index is -0.247. The maximum absolute atomic E-state index is 10.9. The van der Waals surface area contributed by atoms with Gasteiger partial charge in [0.05, 0.1) is 11.9 Å². The lowest BCUT2D eigenvalue weighted by Gasteiger charge is -1.95. The van der Waals surface area contributed by atoms with Crippen molar-refractivity contribution in [3.63, 3.8) is 0 Å². The summed E-state index contributed by atoms with van der Waals surface area (Å²) in [6.45, 7) is 0. The molecule has 0 atom stereocenters. The second-order valence-corrected chi connectivity index (χ2v) is 2.44. The van der Waals surface area contributed by atoms with E-state index in [4.69, 9.17) is 0 Å². The van der Waals surface area contributed by atoms with Crippen molar-refractivity contribution in [2.24, 2.45) is 0 Å². The normalized spacial score (nSPS) is 9.85. The molecule has 0 saturated carbocycles. The first kappa shape index (κ1) is 7.60. The molecule has 2 aromatic rings. The molecule has 1 N–H and O–H groups in total. The summed E-state index contributed by atoms with van der Waals surface area (Å²) in [6.07, 6.45) is 3.11. The average molecular weight is 174 g/mol. The molecule has 64 valence electrons. The Bertz CT molecular complexity index is 451. The second-order valence-electron chi connectivity index (χ2n) is 2.44. The standard InChI is InChI=1S/C8H6N4O/c13-8-4-6(5-10-12-8)7-2-1-3-9-11-7/h1-5H,(H,12,13). The molecule has 5 heteroatoms. The first-order valence-corrected chi connectivity index (χ1v) is 3.69. The van der Waals surface area contributed by atoms with Crippen molar-refractivity contribution >= 4 is 0 Å². The molecule has 2 heterocycles. The van der Waals surface area contributed by atoms with Crippen LogP contribution < -0.4 is 5.56 Å². The van der Waals surface area contributed by atoms with Crippen LogP contribution in [0.1, 0.15) is 0 Å². The summed E-state index contributed by atoms with van der Waals surface area (Å²) in [7, 11) is 0. The Kier molecular flexibility index (Phi) is 1.84. The van der Waals surface area contributed by atoms with Crippen molar-refractivity contribution < 1.29 is 0 Å². The van der Waals surface area contributed by atoms with Crippen LogP contribution in [0.2, 0.25) is 0 Å². The van der Waals surface area contributed by atoms with Crippen molar-refractivity contribution in [3.8, 4) is 11.3 Å². The average Bonchev–Trinajstić information content (AvgIpc) is 2.19. The molecule has 0 aliphatic carbocycles. The van der Waals surface area contributed by atoms with Gasteiger partial charge in [0.25, 0.3) is 5.56 Å². The van der Waals surface area contributed by atoms with Gasteiger partial charge in [-0.3, -0.25) is 4.79 Å². The van der Waals surface area contributed by atoms with E-state index in [-0.39, 0.29) is 5.56 Å². The Morgan fingerprint density at radius 3 is 3.00 bits per heavy atom. The van der Waals surface area contributed by atoms with Gasteiger partial charge in [-0.25, -0.2) is 5.10 Å². The number of aromatic amines is 1. The van der Waals surface area contributed by atoms with E-state index in [1.165, 1.54) is 12.3 Å². The highest BCUT2D eigenvalue weighted by Gasteiger charge is 1.98. The van der Waals surface area contributed by atoms with Gasteiger partial charge in [0, 0.05) is 17.8 Å². The van der Waals surface area contributed by atoms with E-state index < -0.39 is 0 Å². The van der Waals surface area contributed by atoms with Crippen LogP contribution in [0.5, 0.6) is 0 Å². The van der Waals surface area contributed by atoms with E-state index in [1.807, 2.05) is 0 Å². The molecule has 0 bridgehead atoms. The van der Waals surface area contributed by atoms with E-state index >= 15 is 0 Å². The summed E-state index contributed by atoms with van der Waals surface area (Å²) in [5.41, 5.74) is 1.06. The summed E-state index contributed by atoms with van der Waals surface area (Å²) in [6, 6.07) is 4.95. The van der Waals surface area contributed by atoms with Gasteiger partial charge in [-0.05, 0) is 12.1 Å². The SMILES string of the molecule is O=c1cc(-c2cccnn2)cn[nH]1. The summed E-state index contributed by atoms with van der Waals surface area (Å²) in [5.74, 6) is 0. The van der Waals surface area contributed by atoms with E-state index in [9.17, 15) is 4.79 Å². The van der Waals surface area contributed by atoms with Crippen molar-refractivity contribution in [1.29, 1.82) is 0 Å². The van der Waals surface area contributed by atoms with Crippen LogP contribution in [0.3, 0.4) is 0 Å². The third kappa shape index (κ3) is 1.58. The highest BCUT2D eigenvalue weighted by Crippen LogP contribution is 2.10. The summed E-state index contributed by atoms with van der Waals surface area (Å²) < 4.78 is 0. The molecule has 0 aliphatic rings. The summed E-state index contributed by atoms with van der Waals surface area (Å²) >= 11 is 0. The fourth-order valence-electron chi connectivity index (χ4n) is 0.972. The van der Waals surface area contributed by atoms with Crippen LogP contribution in [0.25, 0.3) is 11.3 Å². The molecule has 13 heavy (non-hydrogen) atoms. The molecule has 0 amide bonds. The number of aromatic nitrogens is 4. The van der Waals surface area contributed by atoms with Gasteiger partial charge in [0.2, 0.25) is 0 Å². The largest absolute Gasteiger partial charge is 0.268 e. The summed E-state index contributed by atoms with van der Waals surface area (Å²) in [4.78, 5) is 10.9. The Labute approximate surface area is 73.5 Å². The van der Waals surface area contributed by atoms with Gasteiger partial charge in [-0.1, -0.05) is 0 Å². The lowest BCUT2D eigenvalue weighted by atomic mass is 10.2. The molecule has 5 nitrogen and oxygen atoms in total. The first-order valence-electron chi connectivity index (χ1n) is 3.69. The van der Waals surface area contributed by atoms with E-state index in [0.717, 1.165) is 0 Å². The zero-order valence-electron chi connectivity index (χ0n) is 6.64. The van der Waals surface area contributed by atoms with E-state index in [1.54, 1.807) is 18.3 Å². The highest BCUT2D eigenvalue weighted by atomic mass is 16.1. The second kappa shape index (κ2) is 3.14. The van der Waals surface area contributed by atoms with Crippen LogP contribution in [0.15, 0.2) is 35.4 Å². The van der Waals surface area contributed by atoms with Gasteiger partial charge >= 0.3 is 0 Å². The molecular weight excluding hydrogens is 168 g/mol. The predicted molar refractivity (Wildman–Crippen MR) is 45.9 cm³/mol. The molecule has 2 rings (SSSR count). The molecule has 0 aliphatic heterocycles. The molecule has 0 radical (unpaired) electrons. The number of rotatable bonds is 1. The molecule has 0 aromatic carbocycles. The number of nitrogens with one attached hydrogen (secondary N) is 1. The number of hydrogen-bond acceptors (Lipinski definition) is 4. The molecule has 0 fully saturated rings. The third-order valence-electron chi connectivity index (χ3n) is 1.53. The number of H-pyrrole nitrogens is 1. The van der Waals surface area contributed by atoms with Crippen molar-refractivity contribution in [1.82, 2.24) is 20.4 Å². The minimum Gasteiger partial charge on any atom is -0.268 e. The Hall–Kier alpha value is -2.04. The number of nitrogens with zero attached hydrogens (tertiary/aromatic N) is 3. The molecule has 2 aromatic heterocycles. The Balaban J connectivity index is 2.54. The lowest BCUT2D eigenvalue weighted by molar-refractivity contribution is 0.979. The predicted octanol–water partition coefficient (Wildman–Crippen LogP) is 0.227. The maximum Gasteiger partial charge on any atom is 0.264 e. The number of hydrogen-bond donors (Lipinski definition) is 1. The monoisotopic (exact) mass is 174 g/mol. The highest BCUT2D eigenvalue weighted by molar-refractivity contribution is 5.55. The zero-order valence-corrected chi connectivity index (χ0v) is 6.64. The topological polar surface area (TPSA) is 71.5 Å². The first-order chi connectivity index (χ1) is 6.36. The van der Waals surface area contributed by atoms with Crippen molar-refractivity contribution in [3.05, 3.63) is 40.9 Å². The van der Waals surface area contributed by atoms with Gasteiger partial charge < -0.3 is 0 Å². The molecular formula is C8H6N4O. The lowest BCUT2D eigenvalue weighted by Crippen LogP contribution is -2.05. The minimum absolute atomic E-state index is 0.247. The van der Waals surface area contributed by atoms with Crippen LogP contribution in [0, 0.1) is 0 Å². The van der Waals surface area contributed by atoms with Gasteiger partial charge in [0.1, 0.15) is 0 Å². The zero-order chi connectivity index (χ0) is 9.10. The molecule has 0 unspecified atom stereocenters. The fraction of sp³-hybridized carbons (Fsp3) is 0. The quantitative estimate of drug-likeness (QED) is 0.671. The van der Waals surface area contributed by atoms with Crippen LogP contribution in [0.4, 0.5) is 0 Å². The summed E-state index contributed by atoms with van der Waals surface area (Å²) in [5, 5.41) is 13.5. The van der Waals surface area contributed by atoms with Gasteiger partial charge in [0.15, 0.2) is 0 Å². The van der Waals surface area contributed by atoms with Crippen molar-refractivity contribution in [2.75, 3.05) is 0 Å². The Morgan fingerprint density at radius 1 is 1.38 bits per heavy atom. The third-order valence-corrected chi connectivity index (χ3v) is 1.53. The van der Waals surface area contributed by atoms with Crippen LogP contribution in [-0.2, 0) is 0 Å². The van der Waals surface area contributed by atoms with Crippen LogP contribution in [-0.4, -0.2) is 20.4 Å². The van der Waals surface area contributed by atoms with E-state index in [2.05, 4.69) is 20.4 Å². The maximum atomic E-state index is 10.9. The smallest absolute Gasteiger partial charge is 0.264 e. The van der Waals surface area contributed by atoms with Gasteiger partial charge in [-0.15, -0.1) is 0 Å². The van der Waals surface area contributed by atoms with Crippen molar-refractivity contribution in [2.45, 2.75) is 0 Å². The molecule has 0 spiro atoms.